The van der Waals surface area contributed by atoms with Crippen LogP contribution in [0.1, 0.15) is 32.6 Å². The zero-order valence-corrected chi connectivity index (χ0v) is 13.5. The van der Waals surface area contributed by atoms with Gasteiger partial charge >= 0.3 is 5.97 Å². The quantitative estimate of drug-likeness (QED) is 0.627. The molecule has 120 valence electrons. The summed E-state index contributed by atoms with van der Waals surface area (Å²) in [5, 5.41) is 11.6. The standard InChI is InChI=1S/C14H24N2O4S/c1-3-6-15-11(17)8-16(2)12(18)9-21-10-14(4-5-14)7-13(19)20/h3-10H2,1-2H3,(H,15,17)(H,19,20). The molecule has 0 unspecified atom stereocenters. The van der Waals surface area contributed by atoms with Gasteiger partial charge in [-0.2, -0.15) is 11.8 Å². The molecule has 0 spiro atoms. The lowest BCUT2D eigenvalue weighted by atomic mass is 10.1. The van der Waals surface area contributed by atoms with E-state index in [0.717, 1.165) is 19.3 Å². The summed E-state index contributed by atoms with van der Waals surface area (Å²) < 4.78 is 0. The zero-order chi connectivity index (χ0) is 15.9. The first-order chi connectivity index (χ1) is 9.88. The van der Waals surface area contributed by atoms with Gasteiger partial charge in [-0.05, 0) is 30.4 Å². The van der Waals surface area contributed by atoms with Crippen LogP contribution in [-0.4, -0.2) is 59.4 Å². The van der Waals surface area contributed by atoms with E-state index in [1.54, 1.807) is 7.05 Å². The van der Waals surface area contributed by atoms with Gasteiger partial charge < -0.3 is 15.3 Å². The molecule has 0 bridgehead atoms. The Kier molecular flexibility index (Phi) is 7.01. The lowest BCUT2D eigenvalue weighted by molar-refractivity contribution is -0.138. The predicted octanol–water partition coefficient (Wildman–Crippen LogP) is 0.959. The van der Waals surface area contributed by atoms with E-state index in [9.17, 15) is 14.4 Å². The van der Waals surface area contributed by atoms with Crippen molar-refractivity contribution in [3.63, 3.8) is 0 Å². The number of carbonyl (C=O) groups is 3. The molecule has 2 N–H and O–H groups in total. The molecule has 6 nitrogen and oxygen atoms in total. The largest absolute Gasteiger partial charge is 0.481 e. The summed E-state index contributed by atoms with van der Waals surface area (Å²) in [6.07, 6.45) is 2.90. The number of hydrogen-bond acceptors (Lipinski definition) is 4. The van der Waals surface area contributed by atoms with E-state index in [-0.39, 0.29) is 30.2 Å². The maximum Gasteiger partial charge on any atom is 0.303 e. The number of likely N-dealkylation sites (N-methyl/N-ethyl adjacent to an activating group) is 1. The van der Waals surface area contributed by atoms with Crippen LogP contribution < -0.4 is 5.32 Å². The fourth-order valence-electron chi connectivity index (χ4n) is 1.96. The first-order valence-corrected chi connectivity index (χ1v) is 8.34. The molecule has 0 aliphatic heterocycles. The zero-order valence-electron chi connectivity index (χ0n) is 12.7. The normalized spacial score (nSPS) is 15.3. The molecule has 1 aliphatic rings. The Hall–Kier alpha value is -1.24. The van der Waals surface area contributed by atoms with E-state index in [2.05, 4.69) is 5.32 Å². The average molecular weight is 316 g/mol. The predicted molar refractivity (Wildman–Crippen MR) is 82.2 cm³/mol. The summed E-state index contributed by atoms with van der Waals surface area (Å²) in [5.41, 5.74) is -0.103. The third-order valence-electron chi connectivity index (χ3n) is 3.50. The Morgan fingerprint density at radius 1 is 1.33 bits per heavy atom. The Balaban J connectivity index is 2.21. The van der Waals surface area contributed by atoms with Crippen molar-refractivity contribution in [3.8, 4) is 0 Å². The SMILES string of the molecule is CCCNC(=O)CN(C)C(=O)CSCC1(CC(=O)O)CC1. The number of thioether (sulfide) groups is 1. The van der Waals surface area contributed by atoms with Gasteiger partial charge in [0.25, 0.3) is 0 Å². The van der Waals surface area contributed by atoms with E-state index >= 15 is 0 Å². The van der Waals surface area contributed by atoms with Crippen LogP contribution in [0.2, 0.25) is 0 Å². The smallest absolute Gasteiger partial charge is 0.303 e. The third-order valence-corrected chi connectivity index (χ3v) is 4.76. The van der Waals surface area contributed by atoms with Gasteiger partial charge in [-0.15, -0.1) is 0 Å². The summed E-state index contributed by atoms with van der Waals surface area (Å²) in [6, 6.07) is 0. The van der Waals surface area contributed by atoms with Crippen LogP contribution in [0, 0.1) is 5.41 Å². The molecular formula is C14H24N2O4S. The van der Waals surface area contributed by atoms with E-state index in [1.165, 1.54) is 16.7 Å². The van der Waals surface area contributed by atoms with Crippen LogP contribution in [0.3, 0.4) is 0 Å². The van der Waals surface area contributed by atoms with Crippen molar-refractivity contribution in [3.05, 3.63) is 0 Å². The second-order valence-corrected chi connectivity index (χ2v) is 6.65. The molecule has 1 rings (SSSR count). The number of carbonyl (C=O) groups excluding carboxylic acids is 2. The average Bonchev–Trinajstić information content (AvgIpc) is 3.14. The van der Waals surface area contributed by atoms with Gasteiger partial charge in [0.2, 0.25) is 11.8 Å². The molecule has 1 fully saturated rings. The first kappa shape index (κ1) is 17.8. The van der Waals surface area contributed by atoms with Crippen molar-refractivity contribution in [2.45, 2.75) is 32.6 Å². The summed E-state index contributed by atoms with van der Waals surface area (Å²) >= 11 is 1.46. The Bertz CT molecular complexity index is 396. The molecule has 1 aliphatic carbocycles. The van der Waals surface area contributed by atoms with Gasteiger partial charge in [0.15, 0.2) is 0 Å². The number of nitrogens with one attached hydrogen (secondary N) is 1. The number of amides is 2. The van der Waals surface area contributed by atoms with Crippen LogP contribution in [0.15, 0.2) is 0 Å². The molecule has 0 saturated heterocycles. The molecule has 0 aromatic carbocycles. The van der Waals surface area contributed by atoms with Gasteiger partial charge in [0.05, 0.1) is 18.7 Å². The second-order valence-electron chi connectivity index (χ2n) is 5.66. The van der Waals surface area contributed by atoms with Gasteiger partial charge in [0, 0.05) is 13.6 Å². The van der Waals surface area contributed by atoms with E-state index in [0.29, 0.717) is 18.1 Å². The molecule has 2 amide bonds. The molecule has 0 heterocycles. The van der Waals surface area contributed by atoms with Crippen LogP contribution >= 0.6 is 11.8 Å². The molecule has 21 heavy (non-hydrogen) atoms. The van der Waals surface area contributed by atoms with Crippen LogP contribution in [0.4, 0.5) is 0 Å². The minimum absolute atomic E-state index is 0.0691. The Morgan fingerprint density at radius 3 is 2.52 bits per heavy atom. The van der Waals surface area contributed by atoms with Crippen molar-refractivity contribution in [2.75, 3.05) is 31.6 Å². The van der Waals surface area contributed by atoms with Gasteiger partial charge in [0.1, 0.15) is 0 Å². The maximum absolute atomic E-state index is 11.9. The van der Waals surface area contributed by atoms with Gasteiger partial charge in [-0.1, -0.05) is 6.92 Å². The molecule has 0 aromatic heterocycles. The van der Waals surface area contributed by atoms with Crippen molar-refractivity contribution in [1.82, 2.24) is 10.2 Å². The van der Waals surface area contributed by atoms with E-state index < -0.39 is 5.97 Å². The maximum atomic E-state index is 11.9. The number of rotatable bonds is 10. The van der Waals surface area contributed by atoms with Crippen LogP contribution in [0.25, 0.3) is 0 Å². The van der Waals surface area contributed by atoms with Crippen molar-refractivity contribution < 1.29 is 19.5 Å². The fourth-order valence-corrected chi connectivity index (χ4v) is 3.28. The number of carboxylic acids is 1. The molecule has 1 saturated carbocycles. The molecule has 0 atom stereocenters. The highest BCUT2D eigenvalue weighted by atomic mass is 32.2. The number of aliphatic carboxylic acids is 1. The summed E-state index contributed by atoms with van der Waals surface area (Å²) in [5.74, 6) is -0.0380. The summed E-state index contributed by atoms with van der Waals surface area (Å²) in [6.45, 7) is 2.66. The number of hydrogen-bond donors (Lipinski definition) is 2. The molecule has 0 radical (unpaired) electrons. The van der Waals surface area contributed by atoms with Gasteiger partial charge in [-0.25, -0.2) is 0 Å². The first-order valence-electron chi connectivity index (χ1n) is 7.19. The van der Waals surface area contributed by atoms with Gasteiger partial charge in [-0.3, -0.25) is 14.4 Å². The third kappa shape index (κ3) is 6.84. The van der Waals surface area contributed by atoms with Crippen LogP contribution in [0.5, 0.6) is 0 Å². The minimum atomic E-state index is -0.774. The summed E-state index contributed by atoms with van der Waals surface area (Å²) in [7, 11) is 1.61. The highest BCUT2D eigenvalue weighted by molar-refractivity contribution is 7.99. The Morgan fingerprint density at radius 2 is 2.00 bits per heavy atom. The van der Waals surface area contributed by atoms with Crippen LogP contribution in [-0.2, 0) is 14.4 Å². The van der Waals surface area contributed by atoms with E-state index in [4.69, 9.17) is 5.11 Å². The minimum Gasteiger partial charge on any atom is -0.481 e. The molecule has 7 heteroatoms. The highest BCUT2D eigenvalue weighted by Gasteiger charge is 2.44. The van der Waals surface area contributed by atoms with E-state index in [1.807, 2.05) is 6.92 Å². The highest BCUT2D eigenvalue weighted by Crippen LogP contribution is 2.50. The van der Waals surface area contributed by atoms with Crippen molar-refractivity contribution in [1.29, 1.82) is 0 Å². The second kappa shape index (κ2) is 8.26. The molecular weight excluding hydrogens is 292 g/mol. The topological polar surface area (TPSA) is 86.7 Å². The molecule has 0 aromatic rings. The summed E-state index contributed by atoms with van der Waals surface area (Å²) in [4.78, 5) is 35.5. The lowest BCUT2D eigenvalue weighted by Crippen LogP contribution is -2.39. The number of nitrogens with zero attached hydrogens (tertiary/aromatic N) is 1. The Labute approximate surface area is 129 Å². The van der Waals surface area contributed by atoms with Crippen molar-refractivity contribution in [2.24, 2.45) is 5.41 Å². The monoisotopic (exact) mass is 316 g/mol. The number of carboxylic acid groups (broad SMARTS) is 1. The van der Waals surface area contributed by atoms with Crippen molar-refractivity contribution >= 4 is 29.5 Å². The fraction of sp³-hybridized carbons (Fsp3) is 0.786. The lowest BCUT2D eigenvalue weighted by Gasteiger charge is -2.17.